The van der Waals surface area contributed by atoms with Gasteiger partial charge in [0.05, 0.1) is 5.88 Å². The first-order valence-corrected chi connectivity index (χ1v) is 8.37. The lowest BCUT2D eigenvalue weighted by Gasteiger charge is -2.20. The van der Waals surface area contributed by atoms with E-state index in [0.717, 1.165) is 11.3 Å². The summed E-state index contributed by atoms with van der Waals surface area (Å²) in [6.07, 6.45) is 2.01. The van der Waals surface area contributed by atoms with Crippen LogP contribution in [0.15, 0.2) is 24.3 Å². The van der Waals surface area contributed by atoms with Gasteiger partial charge in [-0.3, -0.25) is 4.79 Å². The molecule has 1 saturated heterocycles. The van der Waals surface area contributed by atoms with Gasteiger partial charge in [0.25, 0.3) is 5.91 Å². The Labute approximate surface area is 120 Å². The summed E-state index contributed by atoms with van der Waals surface area (Å²) in [6.45, 7) is 0. The van der Waals surface area contributed by atoms with Crippen LogP contribution in [0.25, 0.3) is 0 Å². The smallest absolute Gasteiger partial charge is 0.327 e. The van der Waals surface area contributed by atoms with Crippen LogP contribution in [0.5, 0.6) is 0 Å². The highest BCUT2D eigenvalue weighted by Crippen LogP contribution is 2.24. The maximum absolute atomic E-state index is 12.4. The van der Waals surface area contributed by atoms with Crippen molar-refractivity contribution in [3.05, 3.63) is 35.4 Å². The molecule has 1 fully saturated rings. The Bertz CT molecular complexity index is 493. The second-order valence-electron chi connectivity index (χ2n) is 4.26. The first kappa shape index (κ1) is 14.3. The molecule has 1 amide bonds. The summed E-state index contributed by atoms with van der Waals surface area (Å²) in [4.78, 5) is 24.9. The number of amides is 1. The largest absolute Gasteiger partial charge is 0.480 e. The van der Waals surface area contributed by atoms with E-state index in [-0.39, 0.29) is 5.91 Å². The number of carbonyl (C=O) groups excluding carboxylic acids is 1. The van der Waals surface area contributed by atoms with Crippen molar-refractivity contribution in [2.24, 2.45) is 0 Å². The zero-order valence-electron chi connectivity index (χ0n) is 10.5. The summed E-state index contributed by atoms with van der Waals surface area (Å²) >= 11 is 3.17. The van der Waals surface area contributed by atoms with Crippen molar-refractivity contribution in [1.82, 2.24) is 4.90 Å². The van der Waals surface area contributed by atoms with Crippen LogP contribution in [0.2, 0.25) is 0 Å². The predicted octanol–water partition coefficient (Wildman–Crippen LogP) is 2.15. The van der Waals surface area contributed by atoms with Crippen molar-refractivity contribution in [3.8, 4) is 0 Å². The van der Waals surface area contributed by atoms with Crippen LogP contribution in [0, 0.1) is 0 Å². The highest BCUT2D eigenvalue weighted by atomic mass is 32.2. The lowest BCUT2D eigenvalue weighted by Crippen LogP contribution is -2.41. The summed E-state index contributed by atoms with van der Waals surface area (Å²) < 4.78 is 0. The molecule has 1 aliphatic heterocycles. The van der Waals surface area contributed by atoms with Gasteiger partial charge >= 0.3 is 5.97 Å². The first-order chi connectivity index (χ1) is 9.13. The molecule has 0 aromatic heterocycles. The second kappa shape index (κ2) is 6.34. The number of carbonyl (C=O) groups is 2. The van der Waals surface area contributed by atoms with Gasteiger partial charge in [-0.2, -0.15) is 11.8 Å². The summed E-state index contributed by atoms with van der Waals surface area (Å²) in [7, 11) is 0. The molecule has 0 bridgehead atoms. The number of hydrogen-bond acceptors (Lipinski definition) is 4. The Hall–Kier alpha value is -1.14. The number of rotatable bonds is 4. The molecule has 19 heavy (non-hydrogen) atoms. The predicted molar refractivity (Wildman–Crippen MR) is 78.6 cm³/mol. The molecule has 4 nitrogen and oxygen atoms in total. The van der Waals surface area contributed by atoms with Crippen LogP contribution in [-0.2, 0) is 10.5 Å². The maximum Gasteiger partial charge on any atom is 0.327 e. The number of thioether (sulfide) groups is 2. The molecule has 0 aliphatic carbocycles. The fourth-order valence-corrected chi connectivity index (χ4v) is 3.63. The van der Waals surface area contributed by atoms with Gasteiger partial charge in [-0.05, 0) is 24.0 Å². The molecule has 0 spiro atoms. The van der Waals surface area contributed by atoms with E-state index in [9.17, 15) is 9.59 Å². The number of benzene rings is 1. The normalized spacial score (nSPS) is 18.6. The Balaban J connectivity index is 2.19. The Morgan fingerprint density at radius 1 is 1.53 bits per heavy atom. The van der Waals surface area contributed by atoms with Crippen LogP contribution in [-0.4, -0.2) is 45.8 Å². The lowest BCUT2D eigenvalue weighted by molar-refractivity contribution is -0.140. The molecule has 1 atom stereocenters. The third-order valence-electron chi connectivity index (χ3n) is 2.91. The van der Waals surface area contributed by atoms with Crippen molar-refractivity contribution in [2.45, 2.75) is 11.8 Å². The topological polar surface area (TPSA) is 57.6 Å². The second-order valence-corrected chi connectivity index (χ2v) is 6.13. The van der Waals surface area contributed by atoms with Gasteiger partial charge in [0.1, 0.15) is 6.04 Å². The minimum absolute atomic E-state index is 0.194. The average Bonchev–Trinajstić information content (AvgIpc) is 2.88. The molecule has 0 saturated carbocycles. The quantitative estimate of drug-likeness (QED) is 0.923. The number of carboxylic acids is 1. The molecule has 6 heteroatoms. The third kappa shape index (κ3) is 3.25. The number of hydrogen-bond donors (Lipinski definition) is 1. The Kier molecular flexibility index (Phi) is 4.76. The Morgan fingerprint density at radius 2 is 2.32 bits per heavy atom. The summed E-state index contributed by atoms with van der Waals surface area (Å²) in [5.74, 6) is 0.630. The van der Waals surface area contributed by atoms with Gasteiger partial charge < -0.3 is 10.0 Å². The molecule has 0 radical (unpaired) electrons. The van der Waals surface area contributed by atoms with Crippen molar-refractivity contribution in [1.29, 1.82) is 0 Å². The fraction of sp³-hybridized carbons (Fsp3) is 0.385. The van der Waals surface area contributed by atoms with Crippen molar-refractivity contribution < 1.29 is 14.7 Å². The van der Waals surface area contributed by atoms with Gasteiger partial charge in [-0.15, -0.1) is 11.8 Å². The van der Waals surface area contributed by atoms with E-state index in [1.54, 1.807) is 17.8 Å². The van der Waals surface area contributed by atoms with Gasteiger partial charge in [-0.1, -0.05) is 12.1 Å². The molecule has 1 heterocycles. The summed E-state index contributed by atoms with van der Waals surface area (Å²) in [5.41, 5.74) is 1.65. The lowest BCUT2D eigenvalue weighted by atomic mass is 10.1. The Morgan fingerprint density at radius 3 is 3.00 bits per heavy atom. The summed E-state index contributed by atoms with van der Waals surface area (Å²) in [5, 5.41) is 9.11. The van der Waals surface area contributed by atoms with Crippen LogP contribution >= 0.6 is 23.5 Å². The van der Waals surface area contributed by atoms with Gasteiger partial charge in [0.2, 0.25) is 0 Å². The van der Waals surface area contributed by atoms with Gasteiger partial charge in [0.15, 0.2) is 0 Å². The molecular weight excluding hydrogens is 282 g/mol. The first-order valence-electron chi connectivity index (χ1n) is 5.83. The van der Waals surface area contributed by atoms with E-state index in [1.807, 2.05) is 24.5 Å². The van der Waals surface area contributed by atoms with Crippen molar-refractivity contribution in [2.75, 3.05) is 17.9 Å². The monoisotopic (exact) mass is 297 g/mol. The SMILES string of the molecule is CSCc1cccc(C(=O)N2CSCC2C(=O)O)c1. The highest BCUT2D eigenvalue weighted by molar-refractivity contribution is 7.99. The van der Waals surface area contributed by atoms with Crippen molar-refractivity contribution in [3.63, 3.8) is 0 Å². The molecule has 1 aromatic rings. The zero-order chi connectivity index (χ0) is 13.8. The van der Waals surface area contributed by atoms with Crippen LogP contribution < -0.4 is 0 Å². The van der Waals surface area contributed by atoms with E-state index in [2.05, 4.69) is 0 Å². The van der Waals surface area contributed by atoms with E-state index in [0.29, 0.717) is 17.2 Å². The number of nitrogens with zero attached hydrogens (tertiary/aromatic N) is 1. The minimum Gasteiger partial charge on any atom is -0.480 e. The molecule has 1 N–H and O–H groups in total. The highest BCUT2D eigenvalue weighted by Gasteiger charge is 2.34. The van der Waals surface area contributed by atoms with E-state index >= 15 is 0 Å². The van der Waals surface area contributed by atoms with E-state index in [1.165, 1.54) is 16.7 Å². The standard InChI is InChI=1S/C13H15NO3S2/c1-18-6-9-3-2-4-10(5-9)12(15)14-8-19-7-11(14)13(16)17/h2-5,11H,6-8H2,1H3,(H,16,17). The average molecular weight is 297 g/mol. The summed E-state index contributed by atoms with van der Waals surface area (Å²) in [6, 6.07) is 6.70. The minimum atomic E-state index is -0.932. The van der Waals surface area contributed by atoms with Crippen LogP contribution in [0.4, 0.5) is 0 Å². The number of aliphatic carboxylic acids is 1. The van der Waals surface area contributed by atoms with Crippen molar-refractivity contribution >= 4 is 35.4 Å². The number of carboxylic acid groups (broad SMARTS) is 1. The van der Waals surface area contributed by atoms with E-state index < -0.39 is 12.0 Å². The van der Waals surface area contributed by atoms with E-state index in [4.69, 9.17) is 5.11 Å². The van der Waals surface area contributed by atoms with Crippen LogP contribution in [0.3, 0.4) is 0 Å². The fourth-order valence-electron chi connectivity index (χ4n) is 1.97. The molecule has 1 aromatic carbocycles. The zero-order valence-corrected chi connectivity index (χ0v) is 12.2. The molecule has 1 unspecified atom stereocenters. The molecular formula is C13H15NO3S2. The molecule has 102 valence electrons. The molecule has 2 rings (SSSR count). The third-order valence-corrected chi connectivity index (χ3v) is 4.55. The van der Waals surface area contributed by atoms with Crippen LogP contribution in [0.1, 0.15) is 15.9 Å². The maximum atomic E-state index is 12.4. The van der Waals surface area contributed by atoms with Gasteiger partial charge in [-0.25, -0.2) is 4.79 Å². The molecule has 1 aliphatic rings. The van der Waals surface area contributed by atoms with Gasteiger partial charge in [0, 0.05) is 17.1 Å².